The van der Waals surface area contributed by atoms with Crippen LogP contribution in [0.15, 0.2) is 146 Å². The van der Waals surface area contributed by atoms with E-state index in [-0.39, 0.29) is 19.1 Å². The smallest absolute Gasteiger partial charge is 0.427 e. The number of aromatic carboxylic acids is 1. The number of nitrogens with two attached hydrogens (primary N) is 1. The highest BCUT2D eigenvalue weighted by Gasteiger charge is 2.21. The second kappa shape index (κ2) is 16.8. The number of carbonyl (C=O) groups is 1. The molecule has 0 saturated heterocycles. The molecule has 6 heterocycles. The second-order valence-corrected chi connectivity index (χ2v) is 14.9. The van der Waals surface area contributed by atoms with E-state index < -0.39 is 13.6 Å². The lowest BCUT2D eigenvalue weighted by Crippen LogP contribution is -2.00. The van der Waals surface area contributed by atoms with Crippen molar-refractivity contribution < 1.29 is 42.5 Å². The molecule has 15 heteroatoms. The summed E-state index contributed by atoms with van der Waals surface area (Å²) in [6, 6.07) is 36.0. The highest BCUT2D eigenvalue weighted by atomic mass is 31.2. The molecule has 0 amide bonds. The summed E-state index contributed by atoms with van der Waals surface area (Å²) in [6.45, 7) is 1.90. The SMILES string of the molecule is CP(=O)(Oc1ccccc1)Oc1ccccc1.Nc1cc(-c2ccc3c(c2)OCO3)nc2cnccc12.O=C(O)c1cc(-c2ccc3c(c2)OCO3)nc2cnccc12. The van der Waals surface area contributed by atoms with Crippen LogP contribution in [0.5, 0.6) is 34.5 Å². The second-order valence-electron chi connectivity index (χ2n) is 13.0. The average Bonchev–Trinajstić information content (AvgIpc) is 3.94. The first-order valence-corrected chi connectivity index (χ1v) is 20.0. The van der Waals surface area contributed by atoms with Gasteiger partial charge in [0.25, 0.3) is 0 Å². The Balaban J connectivity index is 0.000000124. The van der Waals surface area contributed by atoms with Gasteiger partial charge in [0.2, 0.25) is 13.6 Å². The van der Waals surface area contributed by atoms with Crippen molar-refractivity contribution in [3.63, 3.8) is 0 Å². The molecule has 10 rings (SSSR count). The van der Waals surface area contributed by atoms with E-state index in [2.05, 4.69) is 19.9 Å². The van der Waals surface area contributed by atoms with E-state index >= 15 is 0 Å². The number of para-hydroxylation sites is 2. The number of carboxylic acids is 1. The third kappa shape index (κ3) is 8.98. The first kappa shape index (κ1) is 38.2. The number of fused-ring (bicyclic) bond motifs is 4. The maximum absolute atomic E-state index is 12.1. The van der Waals surface area contributed by atoms with E-state index in [1.54, 1.807) is 73.3 Å². The summed E-state index contributed by atoms with van der Waals surface area (Å²) in [5.74, 6) is 2.86. The van der Waals surface area contributed by atoms with Crippen molar-refractivity contribution >= 4 is 41.1 Å². The fourth-order valence-corrected chi connectivity index (χ4v) is 7.18. The number of nitrogens with zero attached hydrogens (tertiary/aromatic N) is 4. The van der Waals surface area contributed by atoms with E-state index in [4.69, 9.17) is 33.7 Å². The normalized spacial score (nSPS) is 12.2. The van der Waals surface area contributed by atoms with Gasteiger partial charge in [0.15, 0.2) is 23.0 Å². The fourth-order valence-electron chi connectivity index (χ4n) is 6.13. The molecule has 59 heavy (non-hydrogen) atoms. The van der Waals surface area contributed by atoms with Crippen molar-refractivity contribution in [3.05, 3.63) is 152 Å². The van der Waals surface area contributed by atoms with Gasteiger partial charge >= 0.3 is 13.6 Å². The van der Waals surface area contributed by atoms with Crippen LogP contribution in [0.2, 0.25) is 0 Å². The third-order valence-corrected chi connectivity index (χ3v) is 9.94. The number of aromatic nitrogens is 4. The van der Waals surface area contributed by atoms with Gasteiger partial charge in [0.05, 0.1) is 47.0 Å². The Morgan fingerprint density at radius 2 is 1.10 bits per heavy atom. The molecule has 0 saturated carbocycles. The van der Waals surface area contributed by atoms with Gasteiger partial charge in [-0.2, -0.15) is 0 Å². The number of anilines is 1. The van der Waals surface area contributed by atoms with Crippen molar-refractivity contribution in [3.8, 4) is 57.0 Å². The number of hydrogen-bond acceptors (Lipinski definition) is 13. The molecule has 14 nitrogen and oxygen atoms in total. The average molecular weight is 808 g/mol. The first-order valence-electron chi connectivity index (χ1n) is 18.0. The van der Waals surface area contributed by atoms with Crippen LogP contribution < -0.4 is 33.7 Å². The van der Waals surface area contributed by atoms with Crippen LogP contribution in [0.1, 0.15) is 10.4 Å². The predicted molar refractivity (Wildman–Crippen MR) is 221 cm³/mol. The monoisotopic (exact) mass is 807 g/mol. The number of hydrogen-bond donors (Lipinski definition) is 2. The lowest BCUT2D eigenvalue weighted by Gasteiger charge is -2.15. The molecule has 4 aromatic heterocycles. The van der Waals surface area contributed by atoms with E-state index in [1.807, 2.05) is 72.8 Å². The Labute approximate surface area is 337 Å². The highest BCUT2D eigenvalue weighted by Crippen LogP contribution is 2.44. The van der Waals surface area contributed by atoms with Gasteiger partial charge in [0.1, 0.15) is 11.5 Å². The summed E-state index contributed by atoms with van der Waals surface area (Å²) in [5, 5.41) is 10.9. The van der Waals surface area contributed by atoms with Crippen LogP contribution in [-0.4, -0.2) is 51.3 Å². The Morgan fingerprint density at radius 1 is 0.627 bits per heavy atom. The van der Waals surface area contributed by atoms with Gasteiger partial charge in [-0.05, 0) is 84.9 Å². The summed E-state index contributed by atoms with van der Waals surface area (Å²) in [7, 11) is -3.14. The van der Waals surface area contributed by atoms with Crippen LogP contribution in [0.4, 0.5) is 5.69 Å². The van der Waals surface area contributed by atoms with Gasteiger partial charge in [-0.1, -0.05) is 36.4 Å². The summed E-state index contributed by atoms with van der Waals surface area (Å²) >= 11 is 0. The molecule has 3 N–H and O–H groups in total. The summed E-state index contributed by atoms with van der Waals surface area (Å²) in [6.07, 6.45) is 6.53. The number of nitrogen functional groups attached to an aromatic ring is 1. The van der Waals surface area contributed by atoms with Crippen LogP contribution in [0.3, 0.4) is 0 Å². The minimum atomic E-state index is -3.14. The highest BCUT2D eigenvalue weighted by molar-refractivity contribution is 7.53. The van der Waals surface area contributed by atoms with E-state index in [0.717, 1.165) is 39.2 Å². The Morgan fingerprint density at radius 3 is 1.63 bits per heavy atom. The number of ether oxygens (including phenoxy) is 4. The molecule has 0 aliphatic carbocycles. The largest absolute Gasteiger partial charge is 0.478 e. The topological polar surface area (TPSA) is 187 Å². The first-order chi connectivity index (χ1) is 28.7. The quantitative estimate of drug-likeness (QED) is 0.145. The van der Waals surface area contributed by atoms with Gasteiger partial charge in [-0.15, -0.1) is 0 Å². The van der Waals surface area contributed by atoms with Crippen LogP contribution in [0.25, 0.3) is 44.3 Å². The summed E-state index contributed by atoms with van der Waals surface area (Å²) in [5.41, 5.74) is 11.3. The number of benzene rings is 4. The Kier molecular flexibility index (Phi) is 10.9. The van der Waals surface area contributed by atoms with Gasteiger partial charge in [-0.25, -0.2) is 19.3 Å². The lowest BCUT2D eigenvalue weighted by molar-refractivity contribution is 0.0699. The zero-order valence-electron chi connectivity index (χ0n) is 31.3. The van der Waals surface area contributed by atoms with Gasteiger partial charge < -0.3 is 38.8 Å². The minimum absolute atomic E-state index is 0.189. The van der Waals surface area contributed by atoms with Crippen LogP contribution in [0, 0.1) is 0 Å². The van der Waals surface area contributed by atoms with Gasteiger partial charge in [0, 0.05) is 40.0 Å². The Bertz CT molecular complexity index is 2800. The number of carboxylic acid groups (broad SMARTS) is 1. The molecule has 0 atom stereocenters. The van der Waals surface area contributed by atoms with E-state index in [9.17, 15) is 14.5 Å². The lowest BCUT2D eigenvalue weighted by atomic mass is 10.0. The van der Waals surface area contributed by atoms with E-state index in [0.29, 0.717) is 45.3 Å². The zero-order chi connectivity index (χ0) is 40.8. The van der Waals surface area contributed by atoms with Crippen LogP contribution in [-0.2, 0) is 4.57 Å². The van der Waals surface area contributed by atoms with Crippen molar-refractivity contribution in [2.75, 3.05) is 26.0 Å². The minimum Gasteiger partial charge on any atom is -0.478 e. The molecule has 0 unspecified atom stereocenters. The molecule has 0 fully saturated rings. The molecule has 2 aliphatic heterocycles. The van der Waals surface area contributed by atoms with Crippen molar-refractivity contribution in [2.45, 2.75) is 0 Å². The summed E-state index contributed by atoms with van der Waals surface area (Å²) in [4.78, 5) is 28.7. The van der Waals surface area contributed by atoms with Crippen molar-refractivity contribution in [1.82, 2.24) is 19.9 Å². The predicted octanol–water partition coefficient (Wildman–Crippen LogP) is 9.30. The maximum atomic E-state index is 12.1. The molecule has 2 aliphatic rings. The van der Waals surface area contributed by atoms with Crippen LogP contribution >= 0.6 is 7.60 Å². The Hall–Kier alpha value is -7.70. The third-order valence-electron chi connectivity index (χ3n) is 8.85. The number of pyridine rings is 4. The van der Waals surface area contributed by atoms with E-state index in [1.165, 1.54) is 6.66 Å². The molecule has 294 valence electrons. The standard InChI is InChI=1S/C16H10N2O4.C15H11N3O2.C13H13O3P/c19-16(20)11-6-12(18-13-7-17-4-3-10(11)13)9-1-2-14-15(5-9)22-8-21-14;16-11-6-12(18-13-7-17-4-3-10(11)13)9-1-2-14-15(5-9)20-8-19-14;1-17(14,15-12-8-4-2-5-9-12)16-13-10-6-3-7-11-13/h1-7H,8H2,(H,19,20);1-7H,8H2,(H2,16,18);2-11H,1H3. The maximum Gasteiger partial charge on any atom is 0.427 e. The molecule has 8 aromatic rings. The molecular weight excluding hydrogens is 773 g/mol. The van der Waals surface area contributed by atoms with Crippen molar-refractivity contribution in [1.29, 1.82) is 0 Å². The molecule has 4 aromatic carbocycles. The molecular formula is C44H34N5O9P. The molecule has 0 spiro atoms. The number of rotatable bonds is 7. The van der Waals surface area contributed by atoms with Gasteiger partial charge in [-0.3, -0.25) is 9.97 Å². The molecule has 0 bridgehead atoms. The molecule has 0 radical (unpaired) electrons. The fraction of sp³-hybridized carbons (Fsp3) is 0.0682. The zero-order valence-corrected chi connectivity index (χ0v) is 32.2. The van der Waals surface area contributed by atoms with Crippen molar-refractivity contribution in [2.24, 2.45) is 0 Å². The summed E-state index contributed by atoms with van der Waals surface area (Å²) < 4.78 is 44.1.